The molecule has 0 aliphatic heterocycles. The van der Waals surface area contributed by atoms with E-state index in [9.17, 15) is 0 Å². The maximum atomic E-state index is 8.47. The summed E-state index contributed by atoms with van der Waals surface area (Å²) in [7, 11) is 0. The minimum atomic E-state index is 0.174. The summed E-state index contributed by atoms with van der Waals surface area (Å²) in [4.78, 5) is 0. The zero-order chi connectivity index (χ0) is 9.36. The van der Waals surface area contributed by atoms with Crippen LogP contribution in [0.25, 0.3) is 0 Å². The van der Waals surface area contributed by atoms with Gasteiger partial charge in [-0.2, -0.15) is 0 Å². The Bertz CT molecular complexity index is 248. The molecule has 70 valence electrons. The Morgan fingerprint density at radius 2 is 2.00 bits per heavy atom. The summed E-state index contributed by atoms with van der Waals surface area (Å²) < 4.78 is 0. The van der Waals surface area contributed by atoms with Crippen molar-refractivity contribution in [3.63, 3.8) is 0 Å². The van der Waals surface area contributed by atoms with Gasteiger partial charge in [0.25, 0.3) is 0 Å². The summed E-state index contributed by atoms with van der Waals surface area (Å²) in [6.07, 6.45) is 0.688. The maximum absolute atomic E-state index is 8.47. The van der Waals surface area contributed by atoms with Gasteiger partial charge in [0.15, 0.2) is 0 Å². The van der Waals surface area contributed by atoms with Gasteiger partial charge in [0, 0.05) is 13.2 Å². The van der Waals surface area contributed by atoms with Crippen LogP contribution in [0.3, 0.4) is 0 Å². The highest BCUT2D eigenvalue weighted by molar-refractivity contribution is 5.34. The van der Waals surface area contributed by atoms with Crippen LogP contribution in [0.1, 0.15) is 6.42 Å². The second kappa shape index (κ2) is 6.14. The first-order valence-corrected chi connectivity index (χ1v) is 4.23. The third-order valence-electron chi connectivity index (χ3n) is 1.44. The van der Waals surface area contributed by atoms with Crippen molar-refractivity contribution < 1.29 is 5.11 Å². The fourth-order valence-corrected chi connectivity index (χ4v) is 0.796. The van der Waals surface area contributed by atoms with Crippen LogP contribution in [0.15, 0.2) is 40.7 Å². The molecule has 0 aliphatic carbocycles. The first-order chi connectivity index (χ1) is 6.43. The Labute approximate surface area is 77.3 Å². The molecule has 0 saturated heterocycles. The molecule has 0 amide bonds. The van der Waals surface area contributed by atoms with Crippen LogP contribution >= 0.6 is 0 Å². The summed E-state index contributed by atoms with van der Waals surface area (Å²) in [6.45, 7) is 0.820. The smallest absolute Gasteiger partial charge is 0.0874 e. The van der Waals surface area contributed by atoms with Crippen molar-refractivity contribution in [3.05, 3.63) is 30.3 Å². The van der Waals surface area contributed by atoms with E-state index in [1.807, 2.05) is 30.3 Å². The number of nitrogens with zero attached hydrogens (tertiary/aromatic N) is 2. The lowest BCUT2D eigenvalue weighted by molar-refractivity contribution is 0.286. The van der Waals surface area contributed by atoms with Crippen molar-refractivity contribution in [2.24, 2.45) is 10.3 Å². The lowest BCUT2D eigenvalue weighted by Crippen LogP contribution is -2.07. The molecule has 0 aromatic heterocycles. The summed E-state index contributed by atoms with van der Waals surface area (Å²) in [5, 5.41) is 16.1. The van der Waals surface area contributed by atoms with Crippen LogP contribution in [-0.4, -0.2) is 18.3 Å². The number of benzene rings is 1. The van der Waals surface area contributed by atoms with E-state index >= 15 is 0 Å². The van der Waals surface area contributed by atoms with Crippen LogP contribution in [-0.2, 0) is 0 Å². The van der Waals surface area contributed by atoms with Crippen molar-refractivity contribution in [1.82, 2.24) is 5.43 Å². The van der Waals surface area contributed by atoms with Gasteiger partial charge in [0.05, 0.1) is 5.69 Å². The van der Waals surface area contributed by atoms with Crippen LogP contribution in [0.4, 0.5) is 5.69 Å². The van der Waals surface area contributed by atoms with E-state index < -0.39 is 0 Å². The fourth-order valence-electron chi connectivity index (χ4n) is 0.796. The van der Waals surface area contributed by atoms with E-state index in [1.54, 1.807) is 0 Å². The molecule has 13 heavy (non-hydrogen) atoms. The van der Waals surface area contributed by atoms with Crippen LogP contribution in [0.5, 0.6) is 0 Å². The zero-order valence-electron chi connectivity index (χ0n) is 7.35. The van der Waals surface area contributed by atoms with Gasteiger partial charge in [0.2, 0.25) is 0 Å². The van der Waals surface area contributed by atoms with E-state index in [0.717, 1.165) is 5.69 Å². The SMILES string of the molecule is OCCCN/N=N\c1ccccc1. The molecule has 4 heteroatoms. The molecule has 0 atom stereocenters. The van der Waals surface area contributed by atoms with Gasteiger partial charge in [-0.1, -0.05) is 23.4 Å². The van der Waals surface area contributed by atoms with Gasteiger partial charge < -0.3 is 5.11 Å². The molecule has 2 N–H and O–H groups in total. The molecule has 1 rings (SSSR count). The maximum Gasteiger partial charge on any atom is 0.0874 e. The summed E-state index contributed by atoms with van der Waals surface area (Å²) in [5.41, 5.74) is 3.55. The average Bonchev–Trinajstić information content (AvgIpc) is 2.19. The zero-order valence-corrected chi connectivity index (χ0v) is 7.35. The Balaban J connectivity index is 2.25. The Morgan fingerprint density at radius 1 is 1.23 bits per heavy atom. The molecule has 0 spiro atoms. The first-order valence-electron chi connectivity index (χ1n) is 4.23. The molecule has 4 nitrogen and oxygen atoms in total. The molecule has 0 aliphatic rings. The van der Waals surface area contributed by atoms with Gasteiger partial charge in [-0.15, -0.1) is 5.11 Å². The van der Waals surface area contributed by atoms with E-state index in [0.29, 0.717) is 13.0 Å². The van der Waals surface area contributed by atoms with Gasteiger partial charge >= 0.3 is 0 Å². The lowest BCUT2D eigenvalue weighted by Gasteiger charge is -1.94. The van der Waals surface area contributed by atoms with Gasteiger partial charge in [-0.25, -0.2) is 0 Å². The summed E-state index contributed by atoms with van der Waals surface area (Å²) in [6, 6.07) is 9.48. The molecule has 0 heterocycles. The topological polar surface area (TPSA) is 57.0 Å². The fraction of sp³-hybridized carbons (Fsp3) is 0.333. The molecular formula is C9H13N3O. The van der Waals surface area contributed by atoms with Gasteiger partial charge in [0.1, 0.15) is 0 Å². The summed E-state index contributed by atoms with van der Waals surface area (Å²) in [5.74, 6) is 0. The molecule has 1 aromatic carbocycles. The highest BCUT2D eigenvalue weighted by Gasteiger charge is 1.84. The van der Waals surface area contributed by atoms with Crippen LogP contribution in [0.2, 0.25) is 0 Å². The predicted molar refractivity (Wildman–Crippen MR) is 50.7 cm³/mol. The molecule has 0 fully saturated rings. The third-order valence-corrected chi connectivity index (χ3v) is 1.44. The number of aliphatic hydroxyl groups is 1. The van der Waals surface area contributed by atoms with Crippen molar-refractivity contribution in [2.75, 3.05) is 13.2 Å². The largest absolute Gasteiger partial charge is 0.396 e. The number of rotatable bonds is 5. The van der Waals surface area contributed by atoms with Crippen molar-refractivity contribution in [2.45, 2.75) is 6.42 Å². The van der Waals surface area contributed by atoms with Crippen LogP contribution in [0, 0.1) is 0 Å². The number of hydrogen-bond acceptors (Lipinski definition) is 3. The number of hydrogen-bond donors (Lipinski definition) is 2. The highest BCUT2D eigenvalue weighted by atomic mass is 16.3. The Kier molecular flexibility index (Phi) is 4.56. The minimum Gasteiger partial charge on any atom is -0.396 e. The second-order valence-corrected chi connectivity index (χ2v) is 2.52. The normalized spacial score (nSPS) is 10.5. The number of aliphatic hydroxyl groups excluding tert-OH is 1. The molecule has 0 radical (unpaired) electrons. The standard InChI is InChI=1S/C9H13N3O/c13-8-4-7-10-12-11-9-5-2-1-3-6-9/h1-3,5-6,13H,4,7-8H2,(H,10,11). The van der Waals surface area contributed by atoms with Gasteiger partial charge in [-0.3, -0.25) is 5.43 Å². The van der Waals surface area contributed by atoms with Crippen molar-refractivity contribution in [1.29, 1.82) is 0 Å². The first kappa shape index (κ1) is 9.67. The average molecular weight is 179 g/mol. The van der Waals surface area contributed by atoms with Crippen molar-refractivity contribution >= 4 is 5.69 Å². The third kappa shape index (κ3) is 4.22. The van der Waals surface area contributed by atoms with E-state index in [1.165, 1.54) is 0 Å². The lowest BCUT2D eigenvalue weighted by atomic mass is 10.3. The molecule has 0 saturated carbocycles. The Hall–Kier alpha value is -1.42. The van der Waals surface area contributed by atoms with Crippen LogP contribution < -0.4 is 5.43 Å². The van der Waals surface area contributed by atoms with E-state index in [-0.39, 0.29) is 6.61 Å². The quantitative estimate of drug-likeness (QED) is 0.410. The molecule has 0 unspecified atom stereocenters. The molecule has 0 bridgehead atoms. The molecule has 1 aromatic rings. The van der Waals surface area contributed by atoms with Gasteiger partial charge in [-0.05, 0) is 18.6 Å². The Morgan fingerprint density at radius 3 is 2.69 bits per heavy atom. The van der Waals surface area contributed by atoms with E-state index in [2.05, 4.69) is 15.8 Å². The second-order valence-electron chi connectivity index (χ2n) is 2.52. The van der Waals surface area contributed by atoms with Crippen molar-refractivity contribution in [3.8, 4) is 0 Å². The summed E-state index contributed by atoms with van der Waals surface area (Å²) >= 11 is 0. The number of nitrogens with one attached hydrogen (secondary N) is 1. The highest BCUT2D eigenvalue weighted by Crippen LogP contribution is 2.08. The molecular weight excluding hydrogens is 166 g/mol. The monoisotopic (exact) mass is 179 g/mol. The van der Waals surface area contributed by atoms with E-state index in [4.69, 9.17) is 5.11 Å². The minimum absolute atomic E-state index is 0.174. The predicted octanol–water partition coefficient (Wildman–Crippen LogP) is 1.66.